The molecule has 0 spiro atoms. The van der Waals surface area contributed by atoms with Gasteiger partial charge in [-0.1, -0.05) is 25.4 Å². The molecule has 5 heteroatoms. The minimum Gasteiger partial charge on any atom is -0.476 e. The van der Waals surface area contributed by atoms with E-state index in [9.17, 15) is 0 Å². The van der Waals surface area contributed by atoms with Gasteiger partial charge in [0.25, 0.3) is 0 Å². The fraction of sp³-hybridized carbons (Fsp3) is 0.545. The van der Waals surface area contributed by atoms with Crippen LogP contribution in [0.3, 0.4) is 0 Å². The Kier molecular flexibility index (Phi) is 5.35. The zero-order chi connectivity index (χ0) is 12.0. The first-order chi connectivity index (χ1) is 7.65. The third-order valence-corrected chi connectivity index (χ3v) is 2.54. The number of likely N-dealkylation sites (N-methyl/N-ethyl adjacent to an activating group) is 1. The number of nitrogen functional groups attached to an aromatic ring is 1. The van der Waals surface area contributed by atoms with Crippen LogP contribution < -0.4 is 10.5 Å². The molecular weight excluding hydrogens is 226 g/mol. The summed E-state index contributed by atoms with van der Waals surface area (Å²) in [5.41, 5.74) is 6.20. The molecule has 16 heavy (non-hydrogen) atoms. The molecular formula is C11H18ClN3O. The number of hydrogen-bond acceptors (Lipinski definition) is 4. The van der Waals surface area contributed by atoms with Crippen molar-refractivity contribution in [3.8, 4) is 5.88 Å². The molecule has 0 aromatic carbocycles. The number of hydrogen-bond donors (Lipinski definition) is 1. The summed E-state index contributed by atoms with van der Waals surface area (Å²) in [6, 6.07) is 3.27. The summed E-state index contributed by atoms with van der Waals surface area (Å²) in [6.07, 6.45) is 0. The Morgan fingerprint density at radius 3 is 2.62 bits per heavy atom. The van der Waals surface area contributed by atoms with Gasteiger partial charge in [-0.15, -0.1) is 0 Å². The molecule has 0 unspecified atom stereocenters. The summed E-state index contributed by atoms with van der Waals surface area (Å²) >= 11 is 5.76. The van der Waals surface area contributed by atoms with E-state index in [-0.39, 0.29) is 0 Å². The van der Waals surface area contributed by atoms with E-state index in [1.807, 2.05) is 0 Å². The average molecular weight is 244 g/mol. The van der Waals surface area contributed by atoms with E-state index < -0.39 is 0 Å². The fourth-order valence-electron chi connectivity index (χ4n) is 1.38. The SMILES string of the molecule is CCN(CC)CCOc1cc(N)cc(Cl)n1. The van der Waals surface area contributed by atoms with Gasteiger partial charge in [-0.3, -0.25) is 0 Å². The van der Waals surface area contributed by atoms with Crippen LogP contribution in [-0.2, 0) is 0 Å². The number of anilines is 1. The fourth-order valence-corrected chi connectivity index (χ4v) is 1.59. The van der Waals surface area contributed by atoms with Crippen molar-refractivity contribution in [3.05, 3.63) is 17.3 Å². The van der Waals surface area contributed by atoms with Crippen LogP contribution in [0.5, 0.6) is 5.88 Å². The molecule has 0 radical (unpaired) electrons. The van der Waals surface area contributed by atoms with Crippen molar-refractivity contribution in [2.24, 2.45) is 0 Å². The monoisotopic (exact) mass is 243 g/mol. The Balaban J connectivity index is 2.42. The molecule has 90 valence electrons. The van der Waals surface area contributed by atoms with Crippen molar-refractivity contribution in [1.82, 2.24) is 9.88 Å². The van der Waals surface area contributed by atoms with E-state index in [2.05, 4.69) is 23.7 Å². The van der Waals surface area contributed by atoms with Gasteiger partial charge in [0.15, 0.2) is 0 Å². The Morgan fingerprint density at radius 1 is 1.38 bits per heavy atom. The smallest absolute Gasteiger partial charge is 0.216 e. The molecule has 0 saturated carbocycles. The maximum atomic E-state index is 5.76. The quantitative estimate of drug-likeness (QED) is 0.777. The van der Waals surface area contributed by atoms with E-state index in [1.54, 1.807) is 12.1 Å². The molecule has 0 amide bonds. The molecule has 4 nitrogen and oxygen atoms in total. The van der Waals surface area contributed by atoms with Gasteiger partial charge in [0.1, 0.15) is 11.8 Å². The number of halogens is 1. The van der Waals surface area contributed by atoms with Crippen LogP contribution in [0.4, 0.5) is 5.69 Å². The lowest BCUT2D eigenvalue weighted by atomic mass is 10.4. The highest BCUT2D eigenvalue weighted by Crippen LogP contribution is 2.17. The molecule has 0 fully saturated rings. The van der Waals surface area contributed by atoms with E-state index in [4.69, 9.17) is 22.1 Å². The first kappa shape index (κ1) is 13.1. The van der Waals surface area contributed by atoms with Gasteiger partial charge in [-0.2, -0.15) is 0 Å². The second-order valence-corrected chi connectivity index (χ2v) is 3.82. The van der Waals surface area contributed by atoms with Crippen molar-refractivity contribution in [1.29, 1.82) is 0 Å². The van der Waals surface area contributed by atoms with Gasteiger partial charge < -0.3 is 15.4 Å². The van der Waals surface area contributed by atoms with Crippen LogP contribution in [0.2, 0.25) is 5.15 Å². The Hall–Kier alpha value is -1.00. The van der Waals surface area contributed by atoms with E-state index in [0.29, 0.717) is 23.3 Å². The number of ether oxygens (including phenoxy) is 1. The predicted molar refractivity (Wildman–Crippen MR) is 66.9 cm³/mol. The Bertz CT molecular complexity index is 309. The van der Waals surface area contributed by atoms with Crippen molar-refractivity contribution in [3.63, 3.8) is 0 Å². The number of pyridine rings is 1. The molecule has 1 rings (SSSR count). The molecule has 1 heterocycles. The summed E-state index contributed by atoms with van der Waals surface area (Å²) < 4.78 is 5.48. The second-order valence-electron chi connectivity index (χ2n) is 3.44. The van der Waals surface area contributed by atoms with Crippen LogP contribution >= 0.6 is 11.6 Å². The summed E-state index contributed by atoms with van der Waals surface area (Å²) in [5, 5.41) is 0.359. The number of rotatable bonds is 6. The van der Waals surface area contributed by atoms with Gasteiger partial charge >= 0.3 is 0 Å². The van der Waals surface area contributed by atoms with Gasteiger partial charge in [0, 0.05) is 18.3 Å². The normalized spacial score (nSPS) is 10.8. The number of nitrogens with two attached hydrogens (primary N) is 1. The number of aromatic nitrogens is 1. The standard InChI is InChI=1S/C11H18ClN3O/c1-3-15(4-2)5-6-16-11-8-9(13)7-10(12)14-11/h7-8H,3-6H2,1-2H3,(H2,13,14). The minimum atomic E-state index is 0.359. The first-order valence-corrected chi connectivity index (χ1v) is 5.81. The summed E-state index contributed by atoms with van der Waals surface area (Å²) in [5.74, 6) is 0.483. The third kappa shape index (κ3) is 4.24. The van der Waals surface area contributed by atoms with Crippen molar-refractivity contribution in [2.45, 2.75) is 13.8 Å². The first-order valence-electron chi connectivity index (χ1n) is 5.44. The summed E-state index contributed by atoms with van der Waals surface area (Å²) in [6.45, 7) is 7.75. The highest BCUT2D eigenvalue weighted by Gasteiger charge is 2.02. The highest BCUT2D eigenvalue weighted by molar-refractivity contribution is 6.29. The second kappa shape index (κ2) is 6.55. The van der Waals surface area contributed by atoms with Crippen LogP contribution in [0.15, 0.2) is 12.1 Å². The van der Waals surface area contributed by atoms with E-state index in [0.717, 1.165) is 19.6 Å². The Labute approximate surface area is 101 Å². The lowest BCUT2D eigenvalue weighted by Gasteiger charge is -2.17. The molecule has 1 aromatic rings. The van der Waals surface area contributed by atoms with Gasteiger partial charge in [-0.05, 0) is 19.2 Å². The van der Waals surface area contributed by atoms with Crippen molar-refractivity contribution in [2.75, 3.05) is 32.0 Å². The zero-order valence-electron chi connectivity index (χ0n) is 9.74. The lowest BCUT2D eigenvalue weighted by molar-refractivity contribution is 0.218. The van der Waals surface area contributed by atoms with Crippen LogP contribution in [0.1, 0.15) is 13.8 Å². The highest BCUT2D eigenvalue weighted by atomic mass is 35.5. The van der Waals surface area contributed by atoms with Crippen LogP contribution in [0, 0.1) is 0 Å². The van der Waals surface area contributed by atoms with E-state index in [1.165, 1.54) is 0 Å². The molecule has 0 aliphatic carbocycles. The van der Waals surface area contributed by atoms with Gasteiger partial charge in [0.05, 0.1) is 0 Å². The zero-order valence-corrected chi connectivity index (χ0v) is 10.5. The van der Waals surface area contributed by atoms with Crippen molar-refractivity contribution >= 4 is 17.3 Å². The summed E-state index contributed by atoms with van der Waals surface area (Å²) in [7, 11) is 0. The molecule has 2 N–H and O–H groups in total. The molecule has 1 aromatic heterocycles. The van der Waals surface area contributed by atoms with Crippen LogP contribution in [-0.4, -0.2) is 36.1 Å². The largest absolute Gasteiger partial charge is 0.476 e. The molecule has 0 saturated heterocycles. The summed E-state index contributed by atoms with van der Waals surface area (Å²) in [4.78, 5) is 6.30. The molecule has 0 bridgehead atoms. The number of nitrogens with zero attached hydrogens (tertiary/aromatic N) is 2. The predicted octanol–water partition coefficient (Wildman–Crippen LogP) is 2.04. The average Bonchev–Trinajstić information content (AvgIpc) is 2.23. The molecule has 0 aliphatic rings. The molecule has 0 aliphatic heterocycles. The van der Waals surface area contributed by atoms with Gasteiger partial charge in [0.2, 0.25) is 5.88 Å². The maximum absolute atomic E-state index is 5.76. The third-order valence-electron chi connectivity index (χ3n) is 2.34. The van der Waals surface area contributed by atoms with Gasteiger partial charge in [-0.25, -0.2) is 4.98 Å². The van der Waals surface area contributed by atoms with Crippen LogP contribution in [0.25, 0.3) is 0 Å². The maximum Gasteiger partial charge on any atom is 0.216 e. The Morgan fingerprint density at radius 2 is 2.06 bits per heavy atom. The molecule has 0 atom stereocenters. The minimum absolute atomic E-state index is 0.359. The topological polar surface area (TPSA) is 51.4 Å². The van der Waals surface area contributed by atoms with E-state index >= 15 is 0 Å². The lowest BCUT2D eigenvalue weighted by Crippen LogP contribution is -2.28. The van der Waals surface area contributed by atoms with Crippen molar-refractivity contribution < 1.29 is 4.74 Å².